The molecule has 6 aliphatic rings. The smallest absolute Gasteiger partial charge is 0.657 e. The van der Waals surface area contributed by atoms with Gasteiger partial charge in [-0.3, -0.25) is 0 Å². The summed E-state index contributed by atoms with van der Waals surface area (Å²) >= 11 is 0. The molecule has 0 saturated heterocycles. The van der Waals surface area contributed by atoms with E-state index in [1.54, 1.807) is 0 Å². The van der Waals surface area contributed by atoms with Crippen molar-refractivity contribution in [1.82, 2.24) is 59.8 Å². The molecule has 9 aromatic heterocycles. The van der Waals surface area contributed by atoms with Crippen molar-refractivity contribution in [2.24, 2.45) is 0 Å². The summed E-state index contributed by atoms with van der Waals surface area (Å²) in [6.07, 6.45) is 25.5. The maximum atomic E-state index is 5.90. The number of hydrogen-bond donors (Lipinski definition) is 0. The Morgan fingerprint density at radius 3 is 0.341 bits per heavy atom. The van der Waals surface area contributed by atoms with E-state index < -0.39 is 0 Å². The molecule has 15 heteroatoms. The van der Waals surface area contributed by atoms with Crippen molar-refractivity contribution in [1.29, 1.82) is 0 Å². The van der Waals surface area contributed by atoms with Gasteiger partial charge in [0.1, 0.15) is 0 Å². The van der Waals surface area contributed by atoms with Crippen LogP contribution in [0.5, 0.6) is 0 Å². The van der Waals surface area contributed by atoms with Crippen LogP contribution in [0.1, 0.15) is 68.3 Å². The maximum absolute atomic E-state index is 5.90. The van der Waals surface area contributed by atoms with Gasteiger partial charge in [-0.1, -0.05) is 364 Å². The van der Waals surface area contributed by atoms with E-state index in [2.05, 4.69) is 388 Å². The van der Waals surface area contributed by atoms with Gasteiger partial charge in [-0.25, -0.2) is 29.9 Å². The van der Waals surface area contributed by atoms with Crippen LogP contribution < -0.4 is 29.9 Å². The van der Waals surface area contributed by atoms with Crippen LogP contribution in [-0.2, 0) is 49.5 Å². The standard InChI is InChI=1S/C120H72N12.3Ni/c1-9-29-73(30-10-1)109-85-49-53-89(121-85)111(75-33-13-3-14-34-75)93-57-65-101(125-93)117(102-66-58-94(126-102)112(76-35-15-4-16-36-76)90-54-50-86(109)122-90)81-45-25-27-47-83(81)119-105-69-61-97(129-105)115(79-41-21-7-22-42-79)99-63-71-107(131-99)120(108-72-64-100(132-108)116(80-43-23-8-24-44-80)98-62-70-106(119)130-98)84-48-28-26-46-82(84)118-103-67-59-95(127-103)113(77-37-17-5-18-38-77)91-55-51-87(123-91)110(74-31-11-2-12-32-74)88-52-56-92(124-88)114(78-39-19-6-20-40-78)96-60-68-104(118)128-96;;;/h1-72H;;;/q-6;3*+2. The molecule has 6 aliphatic heterocycles. The number of aromatic nitrogens is 12. The third-order valence-electron chi connectivity index (χ3n) is 25.3. The second-order valence-corrected chi connectivity index (χ2v) is 33.1. The van der Waals surface area contributed by atoms with Gasteiger partial charge in [0, 0.05) is 0 Å². The molecule has 0 spiro atoms. The Balaban J connectivity index is 0.00000353. The Labute approximate surface area is 807 Å². The molecule has 24 bridgehead atoms. The number of hydrogen-bond acceptors (Lipinski definition) is 6. The predicted molar refractivity (Wildman–Crippen MR) is 543 cm³/mol. The average Bonchev–Trinajstić information content (AvgIpc) is 1.59. The largest absolute Gasteiger partial charge is 2.00 e. The molecule has 0 saturated carbocycles. The molecular weight excluding hydrogens is 1790 g/mol. The van der Waals surface area contributed by atoms with E-state index in [-0.39, 0.29) is 49.5 Å². The Morgan fingerprint density at radius 2 is 0.215 bits per heavy atom. The molecule has 0 amide bonds. The molecule has 12 nitrogen and oxygen atoms in total. The molecule has 10 aromatic carbocycles. The van der Waals surface area contributed by atoms with Crippen molar-refractivity contribution in [2.75, 3.05) is 0 Å². The molecule has 0 aliphatic carbocycles. The molecule has 15 heterocycles. The molecule has 642 valence electrons. The second kappa shape index (κ2) is 35.6. The summed E-state index contributed by atoms with van der Waals surface area (Å²) in [6.45, 7) is 0. The van der Waals surface area contributed by atoms with Crippen molar-refractivity contribution in [3.8, 4) is 134 Å². The van der Waals surface area contributed by atoms with Crippen molar-refractivity contribution in [3.63, 3.8) is 0 Å². The number of fused-ring (bicyclic) bond motifs is 24. The van der Waals surface area contributed by atoms with Crippen molar-refractivity contribution < 1.29 is 49.5 Å². The molecule has 19 aromatic rings. The van der Waals surface area contributed by atoms with Crippen LogP contribution in [0.4, 0.5) is 0 Å². The van der Waals surface area contributed by atoms with Crippen molar-refractivity contribution >= 4 is 139 Å². The second-order valence-electron chi connectivity index (χ2n) is 33.1. The van der Waals surface area contributed by atoms with E-state index in [0.29, 0.717) is 67.3 Å². The Kier molecular flexibility index (Phi) is 22.2. The summed E-state index contributed by atoms with van der Waals surface area (Å²) < 4.78 is 0. The molecule has 25 rings (SSSR count). The third-order valence-corrected chi connectivity index (χ3v) is 25.3. The zero-order valence-electron chi connectivity index (χ0n) is 71.9. The minimum Gasteiger partial charge on any atom is -0.657 e. The predicted octanol–water partition coefficient (Wildman–Crippen LogP) is 28.4. The summed E-state index contributed by atoms with van der Waals surface area (Å²) in [6, 6.07) is 126. The fourth-order valence-electron chi connectivity index (χ4n) is 19.4. The van der Waals surface area contributed by atoms with Crippen LogP contribution in [-0.4, -0.2) is 29.9 Å². The Bertz CT molecular complexity index is 8140. The minimum atomic E-state index is 0. The van der Waals surface area contributed by atoms with Crippen LogP contribution >= 0.6 is 0 Å². The molecule has 0 N–H and O–H groups in total. The monoisotopic (exact) mass is 1850 g/mol. The van der Waals surface area contributed by atoms with Crippen LogP contribution in [0.15, 0.2) is 364 Å². The van der Waals surface area contributed by atoms with Crippen LogP contribution in [0.3, 0.4) is 0 Å². The Morgan fingerprint density at radius 1 is 0.111 bits per heavy atom. The van der Waals surface area contributed by atoms with Gasteiger partial charge in [0.25, 0.3) is 0 Å². The number of nitrogens with zero attached hydrogens (tertiary/aromatic N) is 12. The molecule has 0 atom stereocenters. The van der Waals surface area contributed by atoms with Gasteiger partial charge in [-0.05, 0) is 206 Å². The average molecular weight is 1860 g/mol. The summed E-state index contributed by atoms with van der Waals surface area (Å²) in [7, 11) is 0. The third kappa shape index (κ3) is 15.2. The topological polar surface area (TPSA) is 162 Å². The summed E-state index contributed by atoms with van der Waals surface area (Å²) in [5.41, 5.74) is 39.2. The van der Waals surface area contributed by atoms with Crippen LogP contribution in [0.2, 0.25) is 0 Å². The minimum absolute atomic E-state index is 0. The number of benzene rings is 10. The molecule has 0 unspecified atom stereocenters. The summed E-state index contributed by atoms with van der Waals surface area (Å²) in [5.74, 6) is 0. The normalized spacial score (nSPS) is 12.1. The van der Waals surface area contributed by atoms with E-state index in [1.807, 2.05) is 48.5 Å². The maximum Gasteiger partial charge on any atom is 2.00 e. The van der Waals surface area contributed by atoms with E-state index in [1.165, 1.54) is 0 Å². The fraction of sp³-hybridized carbons (Fsp3) is 0. The first kappa shape index (κ1) is 84.1. The molecule has 135 heavy (non-hydrogen) atoms. The summed E-state index contributed by atoms with van der Waals surface area (Å²) in [4.78, 5) is 69.1. The van der Waals surface area contributed by atoms with Gasteiger partial charge < -0.3 is 29.9 Å². The van der Waals surface area contributed by atoms with Crippen molar-refractivity contribution in [3.05, 3.63) is 432 Å². The zero-order valence-corrected chi connectivity index (χ0v) is 74.8. The van der Waals surface area contributed by atoms with E-state index >= 15 is 0 Å². The first-order valence-electron chi connectivity index (χ1n) is 44.2. The molecule has 0 radical (unpaired) electrons. The van der Waals surface area contributed by atoms with E-state index in [9.17, 15) is 0 Å². The van der Waals surface area contributed by atoms with Gasteiger partial charge in [0.2, 0.25) is 0 Å². The SMILES string of the molecule is C1=Cc2nc1c(-c1ccccc1)c1ccc([n-]1)c(-c1ccccc1)c1nc(c(-c3ccccc3-c3c4nc(c(-c5ccccc5)c5ccc([n-]5)c(-c5ccccc5-c5c6nc(c(-c7ccccc7)c7ccc([n-]7)c(-c7ccccc7)c7nc(c(-c8ccccc8)c8ccc5[n-]8)C=C7)C=C6)c5nc(c(-c6ccccc6)c6ccc3[n-]6)C=C5)C=C4)c3ccc([n-]3)c2-c2ccccc2)C=C1.[Ni+2].[Ni+2].[Ni+2]. The molecular formula is C120H72N12Ni3. The zero-order chi connectivity index (χ0) is 87.1. The first-order valence-corrected chi connectivity index (χ1v) is 44.2. The summed E-state index contributed by atoms with van der Waals surface area (Å²) in [5, 5.41) is 0. The van der Waals surface area contributed by atoms with Gasteiger partial charge in [-0.2, -0.15) is 0 Å². The Hall–Kier alpha value is -16.5. The van der Waals surface area contributed by atoms with Crippen LogP contribution in [0.25, 0.3) is 273 Å². The van der Waals surface area contributed by atoms with Gasteiger partial charge in [0.15, 0.2) is 0 Å². The fourth-order valence-corrected chi connectivity index (χ4v) is 19.4. The van der Waals surface area contributed by atoms with Crippen molar-refractivity contribution in [2.45, 2.75) is 0 Å². The van der Waals surface area contributed by atoms with Gasteiger partial charge in [-0.15, -0.1) is 66.2 Å². The quantitative estimate of drug-likeness (QED) is 0.107. The van der Waals surface area contributed by atoms with Gasteiger partial charge >= 0.3 is 49.5 Å². The van der Waals surface area contributed by atoms with E-state index in [4.69, 9.17) is 59.8 Å². The van der Waals surface area contributed by atoms with E-state index in [0.717, 1.165) is 201 Å². The first-order chi connectivity index (χ1) is 65.4. The van der Waals surface area contributed by atoms with Crippen LogP contribution in [0, 0.1) is 0 Å². The molecule has 0 fully saturated rings. The number of rotatable bonds is 12. The van der Waals surface area contributed by atoms with Gasteiger partial charge in [0.05, 0.1) is 68.3 Å².